The molecule has 8 nitrogen and oxygen atoms in total. The van der Waals surface area contributed by atoms with E-state index in [2.05, 4.69) is 15.9 Å². The number of fused-ring (bicyclic) bond motifs is 2. The molecule has 248 valence electrons. The van der Waals surface area contributed by atoms with Gasteiger partial charge in [-0.15, -0.1) is 0 Å². The van der Waals surface area contributed by atoms with Crippen LogP contribution in [0.3, 0.4) is 0 Å². The van der Waals surface area contributed by atoms with Crippen molar-refractivity contribution < 1.29 is 28.3 Å². The van der Waals surface area contributed by atoms with Gasteiger partial charge in [0.25, 0.3) is 5.91 Å². The number of nitrogens with zero attached hydrogens (tertiary/aromatic N) is 3. The van der Waals surface area contributed by atoms with Crippen LogP contribution in [0.15, 0.2) is 46.9 Å². The normalized spacial score (nSPS) is 28.6. The molecule has 6 rings (SSSR count). The Hall–Kier alpha value is -2.60. The summed E-state index contributed by atoms with van der Waals surface area (Å²) < 4.78 is 23.8. The fourth-order valence-corrected chi connectivity index (χ4v) is 11.3. The van der Waals surface area contributed by atoms with Gasteiger partial charge in [0.15, 0.2) is 5.60 Å². The Balaban J connectivity index is 1.33. The molecule has 3 fully saturated rings. The third-order valence-corrected chi connectivity index (χ3v) is 13.5. The van der Waals surface area contributed by atoms with Crippen molar-refractivity contribution in [2.45, 2.75) is 101 Å². The summed E-state index contributed by atoms with van der Waals surface area (Å²) in [5.74, 6) is -0.810. The lowest BCUT2D eigenvalue weighted by molar-refractivity contribution is -0.150. The number of hydrogen-bond acceptors (Lipinski definition) is 5. The van der Waals surface area contributed by atoms with Crippen molar-refractivity contribution in [2.75, 3.05) is 29.5 Å². The summed E-state index contributed by atoms with van der Waals surface area (Å²) in [6.07, 6.45) is 5.32. The largest absolute Gasteiger partial charge is 0.394 e. The fourth-order valence-electron chi connectivity index (χ4n) is 8.46. The average Bonchev–Trinajstić information content (AvgIpc) is 3.66. The van der Waals surface area contributed by atoms with Crippen molar-refractivity contribution in [3.05, 3.63) is 58.1 Å². The molecule has 0 aliphatic carbocycles. The molecule has 0 saturated carbocycles. The molecule has 4 heterocycles. The van der Waals surface area contributed by atoms with E-state index in [0.29, 0.717) is 30.8 Å². The molecular weight excluding hydrogens is 669 g/mol. The van der Waals surface area contributed by atoms with E-state index in [1.807, 2.05) is 54.3 Å². The van der Waals surface area contributed by atoms with Crippen LogP contribution in [-0.2, 0) is 31.3 Å². The molecule has 2 aromatic rings. The molecule has 2 aromatic carbocycles. The van der Waals surface area contributed by atoms with Crippen molar-refractivity contribution in [1.82, 2.24) is 4.90 Å². The molecule has 46 heavy (non-hydrogen) atoms. The van der Waals surface area contributed by atoms with E-state index in [9.17, 15) is 19.5 Å². The Bertz CT molecular complexity index is 1500. The second-order valence-corrected chi connectivity index (χ2v) is 18.7. The zero-order chi connectivity index (χ0) is 32.8. The number of anilines is 2. The number of amides is 3. The van der Waals surface area contributed by atoms with Gasteiger partial charge in [-0.1, -0.05) is 47.8 Å². The molecule has 3 amide bonds. The van der Waals surface area contributed by atoms with E-state index >= 15 is 4.11 Å². The summed E-state index contributed by atoms with van der Waals surface area (Å²) in [6, 6.07) is 13.3. The van der Waals surface area contributed by atoms with Gasteiger partial charge in [0.2, 0.25) is 20.2 Å². The van der Waals surface area contributed by atoms with Crippen LogP contribution in [0.5, 0.6) is 0 Å². The number of benzene rings is 2. The number of carbonyl (C=O) groups is 3. The Morgan fingerprint density at radius 3 is 2.63 bits per heavy atom. The molecule has 1 N–H and O–H groups in total. The van der Waals surface area contributed by atoms with Gasteiger partial charge in [-0.25, -0.2) is 0 Å². The van der Waals surface area contributed by atoms with E-state index in [4.69, 9.17) is 4.74 Å². The molecule has 0 bridgehead atoms. The molecule has 5 atom stereocenters. The molecule has 4 aliphatic heterocycles. The Morgan fingerprint density at radius 2 is 1.87 bits per heavy atom. The summed E-state index contributed by atoms with van der Waals surface area (Å²) in [4.78, 5) is 46.6. The van der Waals surface area contributed by atoms with Gasteiger partial charge >= 0.3 is 0 Å². The summed E-state index contributed by atoms with van der Waals surface area (Å²) in [5, 5.41) is 9.83. The third-order valence-electron chi connectivity index (χ3n) is 10.6. The molecular formula is C35H45BrFN3O5Si. The van der Waals surface area contributed by atoms with Gasteiger partial charge in [0, 0.05) is 46.7 Å². The summed E-state index contributed by atoms with van der Waals surface area (Å²) >= 11 is 3.59. The number of halogens is 2. The standard InChI is InChI=1S/C35H45BrFN3O5Si/c1-23-33(46(2,3)37)30(20-32(43)39-17-9-12-27(39)22-41)45-35(23)28-19-25(36)14-15-29(28)40(34(35)44)21-24-10-8-11-26(18-24)38-16-7-5-4-6-13-31(38)42/h8,10-11,14-15,18-19,23,27,30,33,41H,4-7,9,12-13,16-17,20-22H2,1-3H3/t23-,27+,30+,33-,35+/m1/s1. The number of likely N-dealkylation sites (tertiary alicyclic amines) is 1. The average molecular weight is 715 g/mol. The number of aliphatic hydroxyl groups is 1. The Morgan fingerprint density at radius 1 is 1.09 bits per heavy atom. The van der Waals surface area contributed by atoms with Crippen LogP contribution >= 0.6 is 15.9 Å². The molecule has 0 radical (unpaired) electrons. The number of ether oxygens (including phenoxy) is 1. The zero-order valence-corrected chi connectivity index (χ0v) is 29.6. The lowest BCUT2D eigenvalue weighted by Crippen LogP contribution is -2.45. The monoisotopic (exact) mass is 713 g/mol. The first-order valence-corrected chi connectivity index (χ1v) is 20.5. The van der Waals surface area contributed by atoms with Crippen molar-refractivity contribution in [3.63, 3.8) is 0 Å². The highest BCUT2D eigenvalue weighted by molar-refractivity contribution is 9.10. The number of carbonyl (C=O) groups excluding carboxylic acids is 3. The summed E-state index contributed by atoms with van der Waals surface area (Å²) in [5.41, 5.74) is 1.06. The maximum Gasteiger partial charge on any atom is 0.264 e. The second-order valence-electron chi connectivity index (χ2n) is 14.0. The third kappa shape index (κ3) is 5.97. The van der Waals surface area contributed by atoms with Gasteiger partial charge in [0.05, 0.1) is 37.4 Å². The van der Waals surface area contributed by atoms with Gasteiger partial charge in [-0.05, 0) is 74.7 Å². The maximum absolute atomic E-state index is 16.3. The van der Waals surface area contributed by atoms with Crippen LogP contribution in [0.4, 0.5) is 15.5 Å². The van der Waals surface area contributed by atoms with Crippen molar-refractivity contribution in [3.8, 4) is 0 Å². The molecule has 3 saturated heterocycles. The highest BCUT2D eigenvalue weighted by atomic mass is 79.9. The first kappa shape index (κ1) is 33.3. The van der Waals surface area contributed by atoms with Crippen LogP contribution in [-0.4, -0.2) is 68.0 Å². The van der Waals surface area contributed by atoms with E-state index in [1.165, 1.54) is 0 Å². The van der Waals surface area contributed by atoms with Crippen LogP contribution in [0.2, 0.25) is 18.6 Å². The first-order valence-electron chi connectivity index (χ1n) is 16.7. The van der Waals surface area contributed by atoms with E-state index < -0.39 is 31.6 Å². The van der Waals surface area contributed by atoms with Crippen LogP contribution in [0.25, 0.3) is 0 Å². The number of hydrogen-bond donors (Lipinski definition) is 1. The highest BCUT2D eigenvalue weighted by Gasteiger charge is 2.67. The molecule has 11 heteroatoms. The number of rotatable bonds is 7. The van der Waals surface area contributed by atoms with Crippen molar-refractivity contribution in [1.29, 1.82) is 0 Å². The topological polar surface area (TPSA) is 90.4 Å². The Labute approximate surface area is 280 Å². The SMILES string of the molecule is C[C@@H]1[C@@H]([Si](C)(C)F)[C@H](CC(=O)N2CCC[C@H]2CO)O[C@@]12C(=O)N(Cc1cccc(N3CCCCCCC3=O)c1)c1ccc(Br)cc12. The van der Waals surface area contributed by atoms with Crippen molar-refractivity contribution in [2.24, 2.45) is 5.92 Å². The molecule has 1 spiro atoms. The predicted octanol–water partition coefficient (Wildman–Crippen LogP) is 6.44. The minimum Gasteiger partial charge on any atom is -0.394 e. The predicted molar refractivity (Wildman–Crippen MR) is 182 cm³/mol. The minimum atomic E-state index is -3.44. The quantitative estimate of drug-likeness (QED) is 0.264. The Kier molecular flexibility index (Phi) is 9.50. The van der Waals surface area contributed by atoms with Gasteiger partial charge in [-0.3, -0.25) is 14.4 Å². The smallest absolute Gasteiger partial charge is 0.264 e. The first-order chi connectivity index (χ1) is 22.0. The van der Waals surface area contributed by atoms with Gasteiger partial charge in [0.1, 0.15) is 0 Å². The van der Waals surface area contributed by atoms with Crippen LogP contribution in [0.1, 0.15) is 69.4 Å². The van der Waals surface area contributed by atoms with E-state index in [1.54, 1.807) is 22.9 Å². The molecule has 4 aliphatic rings. The number of aliphatic hydroxyl groups excluding tert-OH is 1. The summed E-state index contributed by atoms with van der Waals surface area (Å²) in [7, 11) is -3.44. The lowest BCUT2D eigenvalue weighted by Gasteiger charge is -2.31. The fraction of sp³-hybridized carbons (Fsp3) is 0.571. The van der Waals surface area contributed by atoms with E-state index in [0.717, 1.165) is 54.2 Å². The minimum absolute atomic E-state index is 0.0316. The van der Waals surface area contributed by atoms with Gasteiger partial charge in [-0.2, -0.15) is 0 Å². The van der Waals surface area contributed by atoms with Crippen LogP contribution < -0.4 is 9.80 Å². The van der Waals surface area contributed by atoms with Crippen molar-refractivity contribution >= 4 is 53.4 Å². The zero-order valence-electron chi connectivity index (χ0n) is 27.0. The van der Waals surface area contributed by atoms with Crippen LogP contribution in [0, 0.1) is 5.92 Å². The van der Waals surface area contributed by atoms with E-state index in [-0.39, 0.29) is 43.3 Å². The molecule has 0 unspecified atom stereocenters. The lowest BCUT2D eigenvalue weighted by atomic mass is 9.82. The van der Waals surface area contributed by atoms with Gasteiger partial charge < -0.3 is 28.7 Å². The summed E-state index contributed by atoms with van der Waals surface area (Å²) in [6.45, 7) is 6.56. The molecule has 0 aromatic heterocycles. The second kappa shape index (κ2) is 13.1. The highest BCUT2D eigenvalue weighted by Crippen LogP contribution is 2.60. The maximum atomic E-state index is 16.3.